The van der Waals surface area contributed by atoms with Crippen LogP contribution in [0, 0.1) is 34.5 Å². The van der Waals surface area contributed by atoms with E-state index in [1.54, 1.807) is 22.9 Å². The summed E-state index contributed by atoms with van der Waals surface area (Å²) in [5, 5.41) is 43.7. The molecule has 2 aliphatic heterocycles. The van der Waals surface area contributed by atoms with Crippen LogP contribution in [0.25, 0.3) is 0 Å². The van der Waals surface area contributed by atoms with Crippen LogP contribution >= 0.6 is 55.1 Å². The molecule has 299 valence electrons. The zero-order valence-electron chi connectivity index (χ0n) is 32.0. The van der Waals surface area contributed by atoms with Crippen LogP contribution in [0.15, 0.2) is 45.6 Å². The molecule has 2 aromatic carbocycles. The van der Waals surface area contributed by atoms with E-state index in [1.807, 2.05) is 0 Å². The van der Waals surface area contributed by atoms with Crippen LogP contribution in [0.3, 0.4) is 0 Å². The molecule has 2 saturated heterocycles. The molecule has 3 radical (unpaired) electrons. The van der Waals surface area contributed by atoms with Gasteiger partial charge in [-0.1, -0.05) is 23.2 Å². The van der Waals surface area contributed by atoms with E-state index < -0.39 is 17.8 Å². The van der Waals surface area contributed by atoms with E-state index in [9.17, 15) is 30.0 Å². The van der Waals surface area contributed by atoms with Crippen molar-refractivity contribution in [1.29, 1.82) is 10.5 Å². The zero-order chi connectivity index (χ0) is 40.7. The maximum absolute atomic E-state index is 12.0. The summed E-state index contributed by atoms with van der Waals surface area (Å²) in [6.45, 7) is 1.43. The Labute approximate surface area is 375 Å². The van der Waals surface area contributed by atoms with E-state index >= 15 is 0 Å². The number of nitrogens with one attached hydrogen (secondary N) is 2. The molecule has 7 N–H and O–H groups in total. The molecule has 0 aliphatic carbocycles. The van der Waals surface area contributed by atoms with Gasteiger partial charge in [-0.3, -0.25) is 19.0 Å². The van der Waals surface area contributed by atoms with E-state index in [2.05, 4.69) is 64.8 Å². The molecule has 0 spiro atoms. The Kier molecular flexibility index (Phi) is 18.2. The van der Waals surface area contributed by atoms with Crippen LogP contribution in [0.1, 0.15) is 63.0 Å². The number of aliphatic hydroxyl groups is 1. The first-order valence-corrected chi connectivity index (χ1v) is 19.1. The smallest absolute Gasteiger partial charge is 1.00 e. The van der Waals surface area contributed by atoms with Crippen LogP contribution < -0.4 is 41.0 Å². The summed E-state index contributed by atoms with van der Waals surface area (Å²) in [5.74, 6) is -2.08. The van der Waals surface area contributed by atoms with Crippen molar-refractivity contribution >= 4 is 104 Å². The minimum absolute atomic E-state index is 0. The average Bonchev–Trinajstić information content (AvgIpc) is 3.82. The minimum atomic E-state index is -0.694. The molecule has 58 heavy (non-hydrogen) atoms. The molecule has 6 rings (SSSR count). The standard InChI is InChI=1S/C18H17BrClN5O4.C17H17BrClN5O3.B.Li.H/c1-28-18(27)11-4-10(5-13(20)15(11)19)23-17-12(16(22)26)7-25(24-17)14-8-29-3-2-9(14)6-21;18-15-10(7-25)3-11(4-13(15)19)22-17-12(16(21)26)6-24(23-17)14-8-27-2-1-9(14)5-20;;;/h4-5,7,9,14H,2-3,8H2,1H3,(H2,22,26)(H,23,24);3-4,6,9,14,25H,1-2,7-8H2,(H2,21,26)(H,22,23);;;/q;;;+1;-1/t2*9-,14?;;;/m11.../s1. The van der Waals surface area contributed by atoms with Gasteiger partial charge in [-0.15, -0.1) is 0 Å². The van der Waals surface area contributed by atoms with Crippen LogP contribution in [0.5, 0.6) is 0 Å². The quantitative estimate of drug-likeness (QED) is 0.113. The summed E-state index contributed by atoms with van der Waals surface area (Å²) in [4.78, 5) is 35.8. The normalized spacial score (nSPS) is 18.4. The molecule has 2 aromatic heterocycles. The summed E-state index contributed by atoms with van der Waals surface area (Å²) in [6, 6.07) is 10.2. The average molecular weight is 956 g/mol. The number of methoxy groups -OCH3 is 1. The van der Waals surface area contributed by atoms with Crippen molar-refractivity contribution < 1.29 is 54.0 Å². The number of halogens is 4. The van der Waals surface area contributed by atoms with Gasteiger partial charge >= 0.3 is 24.8 Å². The second kappa shape index (κ2) is 21.8. The van der Waals surface area contributed by atoms with E-state index in [4.69, 9.17) is 48.9 Å². The third-order valence-electron chi connectivity index (χ3n) is 8.89. The number of nitriles is 2. The number of rotatable bonds is 10. The number of carbonyl (C=O) groups excluding carboxylic acids is 3. The number of anilines is 4. The number of hydrogen-bond donors (Lipinski definition) is 5. The number of aromatic nitrogens is 4. The summed E-state index contributed by atoms with van der Waals surface area (Å²) in [7, 11) is 1.26. The summed E-state index contributed by atoms with van der Waals surface area (Å²) < 4.78 is 19.7. The molecule has 23 heteroatoms. The number of hydrogen-bond acceptors (Lipinski definition) is 13. The Balaban J connectivity index is 0.000000388. The van der Waals surface area contributed by atoms with Gasteiger partial charge in [0.2, 0.25) is 0 Å². The Morgan fingerprint density at radius 1 is 0.879 bits per heavy atom. The monoisotopic (exact) mass is 953 g/mol. The Hall–Kier alpha value is -4.07. The first kappa shape index (κ1) is 48.3. The number of aliphatic hydroxyl groups excluding tert-OH is 1. The fraction of sp³-hybridized carbons (Fsp3) is 0.343. The van der Waals surface area contributed by atoms with E-state index in [0.717, 1.165) is 0 Å². The predicted octanol–water partition coefficient (Wildman–Crippen LogP) is 2.50. The summed E-state index contributed by atoms with van der Waals surface area (Å²) >= 11 is 18.9. The number of nitrogens with two attached hydrogens (primary N) is 2. The molecule has 2 unspecified atom stereocenters. The van der Waals surface area contributed by atoms with Crippen LogP contribution in [-0.2, 0) is 20.8 Å². The molecule has 2 amide bonds. The molecular formula is C35H35BBr2Cl2LiN10O7. The SMILES string of the molecule is COC(=O)c1cc(Nc2nn(C3COCC[C@@H]3C#N)cc2C(N)=O)cc(Cl)c1Br.N#C[C@H]1CCOCC1n1cc(C(N)=O)c(Nc2cc(Cl)c(Br)c(CO)c2)n1.[B].[H-].[Li+]. The van der Waals surface area contributed by atoms with Gasteiger partial charge in [0.1, 0.15) is 11.1 Å². The van der Waals surface area contributed by atoms with E-state index in [1.165, 1.54) is 30.3 Å². The third-order valence-corrected chi connectivity index (χ3v) is 11.7. The summed E-state index contributed by atoms with van der Waals surface area (Å²) in [5.41, 5.74) is 13.0. The largest absolute Gasteiger partial charge is 1.00 e. The zero-order valence-corrected chi connectivity index (χ0v) is 35.7. The fourth-order valence-electron chi connectivity index (χ4n) is 5.96. The molecule has 4 atom stereocenters. The van der Waals surface area contributed by atoms with Gasteiger partial charge in [-0.25, -0.2) is 4.79 Å². The van der Waals surface area contributed by atoms with Gasteiger partial charge in [0, 0.05) is 49.9 Å². The van der Waals surface area contributed by atoms with Gasteiger partial charge in [-0.2, -0.15) is 20.7 Å². The van der Waals surface area contributed by atoms with Crippen molar-refractivity contribution in [1.82, 2.24) is 19.6 Å². The Bertz CT molecular complexity index is 2240. The Morgan fingerprint density at radius 2 is 1.33 bits per heavy atom. The van der Waals surface area contributed by atoms with Gasteiger partial charge in [-0.05, 0) is 74.5 Å². The number of carbonyl (C=O) groups is 3. The molecule has 2 aliphatic rings. The van der Waals surface area contributed by atoms with Gasteiger partial charge < -0.3 is 42.8 Å². The number of esters is 1. The number of nitrogens with zero attached hydrogens (tertiary/aromatic N) is 6. The minimum Gasteiger partial charge on any atom is -1.00 e. The Morgan fingerprint density at radius 3 is 1.74 bits per heavy atom. The van der Waals surface area contributed by atoms with Gasteiger partial charge in [0.05, 0.1) is 83.1 Å². The predicted molar refractivity (Wildman–Crippen MR) is 218 cm³/mol. The van der Waals surface area contributed by atoms with Crippen molar-refractivity contribution in [3.63, 3.8) is 0 Å². The van der Waals surface area contributed by atoms with Crippen molar-refractivity contribution in [2.45, 2.75) is 31.5 Å². The number of amides is 2. The van der Waals surface area contributed by atoms with Crippen molar-refractivity contribution in [3.8, 4) is 12.1 Å². The third kappa shape index (κ3) is 11.1. The molecule has 0 bridgehead atoms. The van der Waals surface area contributed by atoms with E-state index in [0.29, 0.717) is 70.2 Å². The molecule has 17 nitrogen and oxygen atoms in total. The van der Waals surface area contributed by atoms with Crippen molar-refractivity contribution in [3.05, 3.63) is 77.9 Å². The van der Waals surface area contributed by atoms with Crippen LogP contribution in [0.2, 0.25) is 10.0 Å². The number of primary amides is 2. The van der Waals surface area contributed by atoms with Crippen LogP contribution in [0.4, 0.5) is 23.0 Å². The molecular weight excluding hydrogens is 921 g/mol. The molecule has 2 fully saturated rings. The topological polar surface area (TPSA) is 258 Å². The van der Waals surface area contributed by atoms with Gasteiger partial charge in [0.25, 0.3) is 11.8 Å². The fourth-order valence-corrected chi connectivity index (χ4v) is 7.17. The molecule has 0 saturated carbocycles. The second-order valence-electron chi connectivity index (χ2n) is 12.5. The summed E-state index contributed by atoms with van der Waals surface area (Å²) in [6.07, 6.45) is 4.16. The van der Waals surface area contributed by atoms with Crippen molar-refractivity contribution in [2.24, 2.45) is 23.3 Å². The van der Waals surface area contributed by atoms with E-state index in [-0.39, 0.29) is 92.6 Å². The maximum Gasteiger partial charge on any atom is 1.00 e. The number of ether oxygens (including phenoxy) is 3. The van der Waals surface area contributed by atoms with Crippen LogP contribution in [-0.4, -0.2) is 84.4 Å². The van der Waals surface area contributed by atoms with Gasteiger partial charge in [0.15, 0.2) is 11.6 Å². The number of benzene rings is 2. The first-order chi connectivity index (χ1) is 26.8. The first-order valence-electron chi connectivity index (χ1n) is 16.7. The molecule has 4 heterocycles. The van der Waals surface area contributed by atoms with Crippen molar-refractivity contribution in [2.75, 3.05) is 44.2 Å². The molecule has 4 aromatic rings. The second-order valence-corrected chi connectivity index (χ2v) is 14.9. The maximum atomic E-state index is 12.0.